The molecule has 18 heavy (non-hydrogen) atoms. The van der Waals surface area contributed by atoms with Gasteiger partial charge in [-0.1, -0.05) is 15.9 Å². The molecule has 1 N–H and O–H groups in total. The van der Waals surface area contributed by atoms with E-state index in [0.29, 0.717) is 17.6 Å². The summed E-state index contributed by atoms with van der Waals surface area (Å²) in [5.41, 5.74) is 0.0793. The van der Waals surface area contributed by atoms with Crippen LogP contribution in [-0.2, 0) is 0 Å². The number of hydrogen-bond donors (Lipinski definition) is 1. The number of carbonyl (C=O) groups excluding carboxylic acids is 1. The molecule has 1 heterocycles. The highest BCUT2D eigenvalue weighted by molar-refractivity contribution is 9.10. The van der Waals surface area contributed by atoms with E-state index >= 15 is 0 Å². The lowest BCUT2D eigenvalue weighted by Crippen LogP contribution is -2.31. The summed E-state index contributed by atoms with van der Waals surface area (Å²) in [5, 5.41) is 9.50. The Morgan fingerprint density at radius 2 is 2.33 bits per heavy atom. The predicted molar refractivity (Wildman–Crippen MR) is 69.8 cm³/mol. The maximum Gasteiger partial charge on any atom is 0.256 e. The van der Waals surface area contributed by atoms with Crippen molar-refractivity contribution in [2.45, 2.75) is 19.4 Å². The minimum Gasteiger partial charge on any atom is -0.393 e. The summed E-state index contributed by atoms with van der Waals surface area (Å²) < 4.78 is 14.3. The normalized spacial score (nSPS) is 21.1. The number of benzene rings is 1. The Labute approximate surface area is 114 Å². The Kier molecular flexibility index (Phi) is 4.02. The van der Waals surface area contributed by atoms with Crippen molar-refractivity contribution in [1.82, 2.24) is 4.90 Å². The van der Waals surface area contributed by atoms with Crippen molar-refractivity contribution in [3.8, 4) is 0 Å². The van der Waals surface area contributed by atoms with Gasteiger partial charge in [0, 0.05) is 23.5 Å². The second-order valence-corrected chi connectivity index (χ2v) is 5.58. The molecule has 1 aromatic carbocycles. The topological polar surface area (TPSA) is 40.5 Å². The smallest absolute Gasteiger partial charge is 0.256 e. The van der Waals surface area contributed by atoms with Crippen LogP contribution in [0.3, 0.4) is 0 Å². The monoisotopic (exact) mass is 315 g/mol. The molecule has 1 aliphatic heterocycles. The fourth-order valence-corrected chi connectivity index (χ4v) is 2.56. The number of carbonyl (C=O) groups is 1. The van der Waals surface area contributed by atoms with E-state index in [2.05, 4.69) is 15.9 Å². The predicted octanol–water partition coefficient (Wildman–Crippen LogP) is 2.43. The highest BCUT2D eigenvalue weighted by Crippen LogP contribution is 2.23. The molecule has 1 aromatic rings. The number of aliphatic hydroxyl groups is 1. The highest BCUT2D eigenvalue weighted by atomic mass is 79.9. The number of amides is 1. The Balaban J connectivity index is 2.15. The zero-order valence-electron chi connectivity index (χ0n) is 10.1. The van der Waals surface area contributed by atoms with Crippen molar-refractivity contribution >= 4 is 21.8 Å². The van der Waals surface area contributed by atoms with Crippen molar-refractivity contribution in [3.63, 3.8) is 0 Å². The summed E-state index contributed by atoms with van der Waals surface area (Å²) >= 11 is 3.23. The van der Waals surface area contributed by atoms with Gasteiger partial charge in [-0.15, -0.1) is 0 Å². The molecule has 2 atom stereocenters. The van der Waals surface area contributed by atoms with Gasteiger partial charge in [0.05, 0.1) is 11.7 Å². The number of hydrogen-bond acceptors (Lipinski definition) is 2. The van der Waals surface area contributed by atoms with Gasteiger partial charge in [0.15, 0.2) is 0 Å². The lowest BCUT2D eigenvalue weighted by atomic mass is 10.0. The van der Waals surface area contributed by atoms with Gasteiger partial charge >= 0.3 is 0 Å². The number of likely N-dealkylation sites (tertiary alicyclic amines) is 1. The first kappa shape index (κ1) is 13.5. The Morgan fingerprint density at radius 1 is 1.61 bits per heavy atom. The Morgan fingerprint density at radius 3 is 2.94 bits per heavy atom. The molecule has 0 radical (unpaired) electrons. The van der Waals surface area contributed by atoms with E-state index in [9.17, 15) is 14.3 Å². The van der Waals surface area contributed by atoms with Crippen LogP contribution in [-0.4, -0.2) is 35.1 Å². The molecule has 2 rings (SSSR count). The first-order chi connectivity index (χ1) is 8.49. The second-order valence-electron chi connectivity index (χ2n) is 4.66. The lowest BCUT2D eigenvalue weighted by molar-refractivity contribution is 0.0758. The van der Waals surface area contributed by atoms with E-state index in [4.69, 9.17) is 0 Å². The van der Waals surface area contributed by atoms with Gasteiger partial charge in [-0.25, -0.2) is 4.39 Å². The lowest BCUT2D eigenvalue weighted by Gasteiger charge is -2.18. The molecule has 2 unspecified atom stereocenters. The largest absolute Gasteiger partial charge is 0.393 e. The second kappa shape index (κ2) is 5.36. The van der Waals surface area contributed by atoms with Gasteiger partial charge in [0.2, 0.25) is 0 Å². The number of aliphatic hydroxyl groups excluding tert-OH is 1. The Bertz CT molecular complexity index is 464. The molecule has 3 nitrogen and oxygen atoms in total. The SMILES string of the molecule is CC(O)C1CCN(C(=O)c2cc(Br)ccc2F)C1. The zero-order valence-corrected chi connectivity index (χ0v) is 11.7. The Hall–Kier alpha value is -0.940. The summed E-state index contributed by atoms with van der Waals surface area (Å²) in [6, 6.07) is 4.33. The minimum absolute atomic E-state index is 0.0793. The van der Waals surface area contributed by atoms with Crippen LogP contribution in [0.2, 0.25) is 0 Å². The molecule has 0 bridgehead atoms. The van der Waals surface area contributed by atoms with Gasteiger partial charge in [-0.3, -0.25) is 4.79 Å². The fourth-order valence-electron chi connectivity index (χ4n) is 2.20. The van der Waals surface area contributed by atoms with E-state index in [0.717, 1.165) is 6.42 Å². The molecule has 5 heteroatoms. The molecule has 1 aliphatic rings. The minimum atomic E-state index is -0.510. The van der Waals surface area contributed by atoms with Gasteiger partial charge in [-0.05, 0) is 31.5 Å². The van der Waals surface area contributed by atoms with Crippen molar-refractivity contribution in [2.75, 3.05) is 13.1 Å². The van der Waals surface area contributed by atoms with E-state index in [1.807, 2.05) is 0 Å². The zero-order chi connectivity index (χ0) is 13.3. The fraction of sp³-hybridized carbons (Fsp3) is 0.462. The average molecular weight is 316 g/mol. The van der Waals surface area contributed by atoms with Gasteiger partial charge in [-0.2, -0.15) is 0 Å². The molecular formula is C13H15BrFNO2. The van der Waals surface area contributed by atoms with Crippen LogP contribution in [0.5, 0.6) is 0 Å². The first-order valence-corrected chi connectivity index (χ1v) is 6.70. The van der Waals surface area contributed by atoms with Gasteiger partial charge in [0.1, 0.15) is 5.82 Å². The third-order valence-electron chi connectivity index (χ3n) is 3.35. The molecule has 0 aliphatic carbocycles. The number of halogens is 2. The molecular weight excluding hydrogens is 301 g/mol. The first-order valence-electron chi connectivity index (χ1n) is 5.91. The van der Waals surface area contributed by atoms with Crippen LogP contribution < -0.4 is 0 Å². The van der Waals surface area contributed by atoms with Crippen molar-refractivity contribution in [1.29, 1.82) is 0 Å². The summed E-state index contributed by atoms with van der Waals surface area (Å²) in [6.07, 6.45) is 0.328. The number of nitrogens with zero attached hydrogens (tertiary/aromatic N) is 1. The highest BCUT2D eigenvalue weighted by Gasteiger charge is 2.30. The van der Waals surface area contributed by atoms with Gasteiger partial charge < -0.3 is 10.0 Å². The maximum absolute atomic E-state index is 13.6. The van der Waals surface area contributed by atoms with E-state index in [-0.39, 0.29) is 17.4 Å². The summed E-state index contributed by atoms with van der Waals surface area (Å²) in [6.45, 7) is 2.78. The quantitative estimate of drug-likeness (QED) is 0.910. The average Bonchev–Trinajstić information content (AvgIpc) is 2.81. The van der Waals surface area contributed by atoms with Crippen LogP contribution in [0.15, 0.2) is 22.7 Å². The molecule has 0 spiro atoms. The molecule has 1 saturated heterocycles. The summed E-state index contributed by atoms with van der Waals surface area (Å²) in [5.74, 6) is -0.732. The van der Waals surface area contributed by atoms with E-state index in [1.165, 1.54) is 12.1 Å². The molecule has 98 valence electrons. The third-order valence-corrected chi connectivity index (χ3v) is 3.85. The van der Waals surface area contributed by atoms with Crippen LogP contribution in [0.4, 0.5) is 4.39 Å². The number of rotatable bonds is 2. The standard InChI is InChI=1S/C13H15BrFNO2/c1-8(17)9-4-5-16(7-9)13(18)11-6-10(14)2-3-12(11)15/h2-3,6,8-9,17H,4-5,7H2,1H3. The van der Waals surface area contributed by atoms with Crippen LogP contribution >= 0.6 is 15.9 Å². The summed E-state index contributed by atoms with van der Waals surface area (Å²) in [4.78, 5) is 13.8. The molecule has 0 aromatic heterocycles. The maximum atomic E-state index is 13.6. The third kappa shape index (κ3) is 2.72. The summed E-state index contributed by atoms with van der Waals surface area (Å²) in [7, 11) is 0. The molecule has 1 amide bonds. The molecule has 0 saturated carbocycles. The van der Waals surface area contributed by atoms with Gasteiger partial charge in [0.25, 0.3) is 5.91 Å². The van der Waals surface area contributed by atoms with E-state index in [1.54, 1.807) is 17.9 Å². The van der Waals surface area contributed by atoms with Crippen molar-refractivity contribution < 1.29 is 14.3 Å². The molecule has 1 fully saturated rings. The van der Waals surface area contributed by atoms with Crippen molar-refractivity contribution in [3.05, 3.63) is 34.1 Å². The van der Waals surface area contributed by atoms with Crippen LogP contribution in [0, 0.1) is 11.7 Å². The van der Waals surface area contributed by atoms with E-state index < -0.39 is 11.9 Å². The van der Waals surface area contributed by atoms with Crippen LogP contribution in [0.1, 0.15) is 23.7 Å². The van der Waals surface area contributed by atoms with Crippen LogP contribution in [0.25, 0.3) is 0 Å². The van der Waals surface area contributed by atoms with Crippen molar-refractivity contribution in [2.24, 2.45) is 5.92 Å².